The molecule has 2 aromatic rings. The average Bonchev–Trinajstić information content (AvgIpc) is 2.80. The molecule has 100 valence electrons. The first-order valence-corrected chi connectivity index (χ1v) is 6.46. The monoisotopic (exact) mass is 280 g/mol. The Hall–Kier alpha value is -2.02. The average molecular weight is 280 g/mol. The van der Waals surface area contributed by atoms with Gasteiger partial charge in [0.15, 0.2) is 5.84 Å². The van der Waals surface area contributed by atoms with Gasteiger partial charge in [-0.25, -0.2) is 4.39 Å². The van der Waals surface area contributed by atoms with Gasteiger partial charge in [-0.05, 0) is 23.8 Å². The Kier molecular flexibility index (Phi) is 4.06. The number of hydrogen-bond donors (Lipinski definition) is 2. The van der Waals surface area contributed by atoms with E-state index in [-0.39, 0.29) is 5.84 Å². The number of aromatic nitrogens is 2. The third-order valence-electron chi connectivity index (χ3n) is 2.45. The summed E-state index contributed by atoms with van der Waals surface area (Å²) in [5.74, 6) is 0.0628. The van der Waals surface area contributed by atoms with Crippen LogP contribution in [0, 0.1) is 5.82 Å². The van der Waals surface area contributed by atoms with E-state index in [9.17, 15) is 4.39 Å². The van der Waals surface area contributed by atoms with Crippen molar-refractivity contribution in [2.24, 2.45) is 17.9 Å². The summed E-state index contributed by atoms with van der Waals surface area (Å²) in [6.45, 7) is 0. The second-order valence-corrected chi connectivity index (χ2v) is 5.02. The highest BCUT2D eigenvalue weighted by atomic mass is 32.2. The zero-order valence-electron chi connectivity index (χ0n) is 10.2. The van der Waals surface area contributed by atoms with Gasteiger partial charge in [-0.3, -0.25) is 4.68 Å². The predicted octanol–water partition coefficient (Wildman–Crippen LogP) is 1.95. The number of nitrogens with two attached hydrogens (primary N) is 1. The number of aryl methyl sites for hydroxylation is 1. The SMILES string of the molecule is Cn1cc(SCc2cc(F)cc(/C(N)=N/O)c2)cn1. The van der Waals surface area contributed by atoms with Crippen LogP contribution in [0.5, 0.6) is 0 Å². The van der Waals surface area contributed by atoms with Crippen molar-refractivity contribution >= 4 is 17.6 Å². The van der Waals surface area contributed by atoms with Crippen LogP contribution in [-0.4, -0.2) is 20.8 Å². The normalized spacial score (nSPS) is 11.8. The van der Waals surface area contributed by atoms with Crippen LogP contribution >= 0.6 is 11.8 Å². The van der Waals surface area contributed by atoms with Gasteiger partial charge in [-0.15, -0.1) is 11.8 Å². The lowest BCUT2D eigenvalue weighted by atomic mass is 10.1. The molecule has 0 aliphatic rings. The lowest BCUT2D eigenvalue weighted by Crippen LogP contribution is -2.13. The van der Waals surface area contributed by atoms with E-state index >= 15 is 0 Å². The fourth-order valence-corrected chi connectivity index (χ4v) is 2.43. The highest BCUT2D eigenvalue weighted by Gasteiger charge is 2.06. The van der Waals surface area contributed by atoms with Crippen LogP contribution in [0.2, 0.25) is 0 Å². The second kappa shape index (κ2) is 5.75. The summed E-state index contributed by atoms with van der Waals surface area (Å²) in [6.07, 6.45) is 3.63. The van der Waals surface area contributed by atoms with Gasteiger partial charge in [0.2, 0.25) is 0 Å². The van der Waals surface area contributed by atoms with E-state index in [0.717, 1.165) is 10.5 Å². The Morgan fingerprint density at radius 3 is 2.95 bits per heavy atom. The van der Waals surface area contributed by atoms with Crippen molar-refractivity contribution < 1.29 is 9.60 Å². The molecule has 0 bridgehead atoms. The lowest BCUT2D eigenvalue weighted by molar-refractivity contribution is 0.318. The van der Waals surface area contributed by atoms with Crippen molar-refractivity contribution in [2.75, 3.05) is 0 Å². The van der Waals surface area contributed by atoms with E-state index in [0.29, 0.717) is 11.3 Å². The quantitative estimate of drug-likeness (QED) is 0.295. The van der Waals surface area contributed by atoms with Gasteiger partial charge < -0.3 is 10.9 Å². The highest BCUT2D eigenvalue weighted by Crippen LogP contribution is 2.23. The fourth-order valence-electron chi connectivity index (χ4n) is 1.58. The van der Waals surface area contributed by atoms with Crippen LogP contribution in [0.1, 0.15) is 11.1 Å². The number of halogens is 1. The van der Waals surface area contributed by atoms with Crippen molar-refractivity contribution in [3.63, 3.8) is 0 Å². The molecule has 0 amide bonds. The molecule has 2 rings (SSSR count). The molecule has 1 aromatic carbocycles. The molecule has 3 N–H and O–H groups in total. The summed E-state index contributed by atoms with van der Waals surface area (Å²) >= 11 is 1.54. The molecule has 0 fully saturated rings. The van der Waals surface area contributed by atoms with Crippen molar-refractivity contribution in [1.82, 2.24) is 9.78 Å². The van der Waals surface area contributed by atoms with Crippen LogP contribution < -0.4 is 5.73 Å². The second-order valence-electron chi connectivity index (χ2n) is 3.97. The number of rotatable bonds is 4. The zero-order valence-corrected chi connectivity index (χ0v) is 11.1. The first kappa shape index (κ1) is 13.4. The maximum absolute atomic E-state index is 13.4. The third kappa shape index (κ3) is 3.47. The molecule has 0 aliphatic heterocycles. The van der Waals surface area contributed by atoms with Gasteiger partial charge in [0, 0.05) is 29.5 Å². The molecule has 1 aromatic heterocycles. The molecule has 0 atom stereocenters. The highest BCUT2D eigenvalue weighted by molar-refractivity contribution is 7.98. The molecular formula is C12H13FN4OS. The van der Waals surface area contributed by atoms with Crippen LogP contribution in [0.3, 0.4) is 0 Å². The first-order chi connectivity index (χ1) is 9.08. The van der Waals surface area contributed by atoms with E-state index < -0.39 is 5.82 Å². The molecule has 0 spiro atoms. The van der Waals surface area contributed by atoms with Gasteiger partial charge in [-0.1, -0.05) is 5.16 Å². The van der Waals surface area contributed by atoms with Crippen LogP contribution in [0.15, 0.2) is 40.6 Å². The molecule has 0 unspecified atom stereocenters. The van der Waals surface area contributed by atoms with Gasteiger partial charge >= 0.3 is 0 Å². The summed E-state index contributed by atoms with van der Waals surface area (Å²) in [5.41, 5.74) is 6.58. The standard InChI is InChI=1S/C12H13FN4OS/c1-17-6-11(5-15-17)19-7-8-2-9(12(14)16-18)4-10(13)3-8/h2-6,18H,7H2,1H3,(H2,14,16). The summed E-state index contributed by atoms with van der Waals surface area (Å²) in [5, 5.41) is 15.5. The Balaban J connectivity index is 2.14. The summed E-state index contributed by atoms with van der Waals surface area (Å²) in [4.78, 5) is 0.997. The Morgan fingerprint density at radius 2 is 2.32 bits per heavy atom. The molecule has 0 aliphatic carbocycles. The Bertz CT molecular complexity index is 612. The Labute approximate surface area is 113 Å². The fraction of sp³-hybridized carbons (Fsp3) is 0.167. The molecule has 0 saturated carbocycles. The third-order valence-corrected chi connectivity index (χ3v) is 3.47. The molecule has 7 heteroatoms. The van der Waals surface area contributed by atoms with Crippen molar-refractivity contribution in [2.45, 2.75) is 10.6 Å². The van der Waals surface area contributed by atoms with Crippen LogP contribution in [0.25, 0.3) is 0 Å². The van der Waals surface area contributed by atoms with Gasteiger partial charge in [-0.2, -0.15) is 5.10 Å². The lowest BCUT2D eigenvalue weighted by Gasteiger charge is -2.04. The maximum atomic E-state index is 13.4. The summed E-state index contributed by atoms with van der Waals surface area (Å²) in [7, 11) is 1.84. The number of benzene rings is 1. The van der Waals surface area contributed by atoms with E-state index in [4.69, 9.17) is 10.9 Å². The number of thioether (sulfide) groups is 1. The van der Waals surface area contributed by atoms with E-state index in [1.165, 1.54) is 23.9 Å². The van der Waals surface area contributed by atoms with E-state index in [2.05, 4.69) is 10.3 Å². The molecular weight excluding hydrogens is 267 g/mol. The van der Waals surface area contributed by atoms with E-state index in [1.54, 1.807) is 16.9 Å². The molecule has 5 nitrogen and oxygen atoms in total. The topological polar surface area (TPSA) is 76.4 Å². The largest absolute Gasteiger partial charge is 0.409 e. The minimum Gasteiger partial charge on any atom is -0.409 e. The van der Waals surface area contributed by atoms with Crippen LogP contribution in [-0.2, 0) is 12.8 Å². The minimum atomic E-state index is -0.411. The Morgan fingerprint density at radius 1 is 1.53 bits per heavy atom. The molecule has 1 heterocycles. The van der Waals surface area contributed by atoms with Crippen molar-refractivity contribution in [3.05, 3.63) is 47.5 Å². The molecule has 19 heavy (non-hydrogen) atoms. The summed E-state index contributed by atoms with van der Waals surface area (Å²) in [6, 6.07) is 4.35. The number of oxime groups is 1. The zero-order chi connectivity index (χ0) is 13.8. The first-order valence-electron chi connectivity index (χ1n) is 5.47. The number of hydrogen-bond acceptors (Lipinski definition) is 4. The van der Waals surface area contributed by atoms with Crippen molar-refractivity contribution in [3.8, 4) is 0 Å². The van der Waals surface area contributed by atoms with E-state index in [1.807, 2.05) is 13.2 Å². The van der Waals surface area contributed by atoms with Crippen LogP contribution in [0.4, 0.5) is 4.39 Å². The van der Waals surface area contributed by atoms with Gasteiger partial charge in [0.1, 0.15) is 5.82 Å². The number of amidine groups is 1. The molecule has 0 radical (unpaired) electrons. The molecule has 0 saturated heterocycles. The van der Waals surface area contributed by atoms with Gasteiger partial charge in [0.25, 0.3) is 0 Å². The summed E-state index contributed by atoms with van der Waals surface area (Å²) < 4.78 is 15.1. The predicted molar refractivity (Wildman–Crippen MR) is 71.7 cm³/mol. The van der Waals surface area contributed by atoms with Gasteiger partial charge in [0.05, 0.1) is 6.20 Å². The van der Waals surface area contributed by atoms with Crippen molar-refractivity contribution in [1.29, 1.82) is 0 Å². The smallest absolute Gasteiger partial charge is 0.170 e. The minimum absolute atomic E-state index is 0.105. The number of nitrogens with zero attached hydrogens (tertiary/aromatic N) is 3. The maximum Gasteiger partial charge on any atom is 0.170 e.